The summed E-state index contributed by atoms with van der Waals surface area (Å²) in [5.74, 6) is 2.32. The molecule has 0 radical (unpaired) electrons. The summed E-state index contributed by atoms with van der Waals surface area (Å²) in [6, 6.07) is 3.60. The van der Waals surface area contributed by atoms with Gasteiger partial charge >= 0.3 is 0 Å². The molecule has 0 aliphatic carbocycles. The van der Waals surface area contributed by atoms with Crippen LogP contribution in [0.25, 0.3) is 0 Å². The van der Waals surface area contributed by atoms with E-state index < -0.39 is 10.8 Å². The number of pyridine rings is 1. The Morgan fingerprint density at radius 3 is 2.84 bits per heavy atom. The number of nitrogens with two attached hydrogens (primary N) is 1. The third kappa shape index (κ3) is 6.42. The molecule has 19 heavy (non-hydrogen) atoms. The van der Waals surface area contributed by atoms with Gasteiger partial charge in [-0.2, -0.15) is 4.98 Å². The van der Waals surface area contributed by atoms with Crippen molar-refractivity contribution in [2.75, 3.05) is 36.2 Å². The highest BCUT2D eigenvalue weighted by Gasteiger charge is 2.05. The van der Waals surface area contributed by atoms with Gasteiger partial charge in [-0.3, -0.25) is 4.21 Å². The molecule has 1 aromatic rings. The summed E-state index contributed by atoms with van der Waals surface area (Å²) in [7, 11) is -0.745. The van der Waals surface area contributed by atoms with Crippen LogP contribution in [0.1, 0.15) is 20.3 Å². The van der Waals surface area contributed by atoms with Crippen molar-refractivity contribution in [3.63, 3.8) is 0 Å². The summed E-state index contributed by atoms with van der Waals surface area (Å²) >= 11 is 0. The van der Waals surface area contributed by atoms with Gasteiger partial charge in [0.15, 0.2) is 0 Å². The van der Waals surface area contributed by atoms with Crippen LogP contribution in [0.4, 0.5) is 11.5 Å². The number of rotatable bonds is 8. The number of nitrogen functional groups attached to an aromatic ring is 1. The van der Waals surface area contributed by atoms with Crippen LogP contribution in [0.2, 0.25) is 0 Å². The number of anilines is 2. The Labute approximate surface area is 117 Å². The Morgan fingerprint density at radius 2 is 2.21 bits per heavy atom. The number of ether oxygens (including phenoxy) is 1. The molecule has 0 fully saturated rings. The molecule has 6 heteroatoms. The van der Waals surface area contributed by atoms with Crippen LogP contribution in [0, 0.1) is 5.92 Å². The maximum atomic E-state index is 10.9. The normalized spacial score (nSPS) is 12.4. The molecule has 1 rings (SSSR count). The van der Waals surface area contributed by atoms with Crippen molar-refractivity contribution in [1.82, 2.24) is 4.98 Å². The number of nitrogens with one attached hydrogen (secondary N) is 1. The van der Waals surface area contributed by atoms with Crippen LogP contribution in [0.15, 0.2) is 12.1 Å². The largest absolute Gasteiger partial charge is 0.476 e. The molecule has 0 aromatic carbocycles. The molecule has 0 aliphatic rings. The molecule has 0 saturated heterocycles. The van der Waals surface area contributed by atoms with Gasteiger partial charge in [0.1, 0.15) is 5.82 Å². The first-order chi connectivity index (χ1) is 8.99. The van der Waals surface area contributed by atoms with Crippen LogP contribution in [0.5, 0.6) is 5.88 Å². The summed E-state index contributed by atoms with van der Waals surface area (Å²) in [4.78, 5) is 4.33. The molecule has 0 aliphatic heterocycles. The SMILES string of the molecule is CC(C)COc1nc(NCCCS(C)=O)ccc1N. The van der Waals surface area contributed by atoms with Crippen molar-refractivity contribution in [2.24, 2.45) is 5.92 Å². The van der Waals surface area contributed by atoms with Gasteiger partial charge in [-0.1, -0.05) is 13.8 Å². The molecule has 1 unspecified atom stereocenters. The molecule has 0 spiro atoms. The van der Waals surface area contributed by atoms with Crippen molar-refractivity contribution < 1.29 is 8.95 Å². The van der Waals surface area contributed by atoms with E-state index in [1.165, 1.54) is 0 Å². The van der Waals surface area contributed by atoms with E-state index in [1.54, 1.807) is 12.3 Å². The topological polar surface area (TPSA) is 77.2 Å². The van der Waals surface area contributed by atoms with Crippen molar-refractivity contribution in [1.29, 1.82) is 0 Å². The third-order valence-corrected chi connectivity index (χ3v) is 3.22. The zero-order valence-corrected chi connectivity index (χ0v) is 12.6. The van der Waals surface area contributed by atoms with Crippen molar-refractivity contribution in [2.45, 2.75) is 20.3 Å². The van der Waals surface area contributed by atoms with Gasteiger partial charge < -0.3 is 15.8 Å². The van der Waals surface area contributed by atoms with Gasteiger partial charge in [0.05, 0.1) is 12.3 Å². The predicted octanol–water partition coefficient (Wildman–Crippen LogP) is 1.88. The van der Waals surface area contributed by atoms with E-state index in [0.29, 0.717) is 29.8 Å². The van der Waals surface area contributed by atoms with E-state index in [2.05, 4.69) is 24.1 Å². The van der Waals surface area contributed by atoms with E-state index in [0.717, 1.165) is 18.8 Å². The fourth-order valence-electron chi connectivity index (χ4n) is 1.40. The van der Waals surface area contributed by atoms with Crippen LogP contribution in [-0.4, -0.2) is 34.4 Å². The first kappa shape index (κ1) is 15.8. The second-order valence-electron chi connectivity index (χ2n) is 4.85. The minimum atomic E-state index is -0.745. The Bertz CT molecular complexity index is 424. The van der Waals surface area contributed by atoms with Gasteiger partial charge in [0, 0.05) is 29.4 Å². The van der Waals surface area contributed by atoms with E-state index in [4.69, 9.17) is 10.5 Å². The van der Waals surface area contributed by atoms with Crippen LogP contribution < -0.4 is 15.8 Å². The molecule has 5 nitrogen and oxygen atoms in total. The van der Waals surface area contributed by atoms with Crippen molar-refractivity contribution in [3.8, 4) is 5.88 Å². The van der Waals surface area contributed by atoms with Crippen LogP contribution >= 0.6 is 0 Å². The van der Waals surface area contributed by atoms with Gasteiger partial charge in [0.2, 0.25) is 5.88 Å². The summed E-state index contributed by atoms with van der Waals surface area (Å²) in [6.07, 6.45) is 2.55. The molecular formula is C13H23N3O2S. The maximum absolute atomic E-state index is 10.9. The van der Waals surface area contributed by atoms with Crippen molar-refractivity contribution in [3.05, 3.63) is 12.1 Å². The summed E-state index contributed by atoms with van der Waals surface area (Å²) in [5, 5.41) is 3.17. The summed E-state index contributed by atoms with van der Waals surface area (Å²) in [5.41, 5.74) is 6.36. The second kappa shape index (κ2) is 7.99. The average molecular weight is 285 g/mol. The highest BCUT2D eigenvalue weighted by molar-refractivity contribution is 7.84. The minimum absolute atomic E-state index is 0.428. The molecule has 108 valence electrons. The molecule has 1 atom stereocenters. The first-order valence-electron chi connectivity index (χ1n) is 6.42. The fraction of sp³-hybridized carbons (Fsp3) is 0.615. The minimum Gasteiger partial charge on any atom is -0.476 e. The maximum Gasteiger partial charge on any atom is 0.239 e. The van der Waals surface area contributed by atoms with E-state index >= 15 is 0 Å². The fourth-order valence-corrected chi connectivity index (χ4v) is 1.95. The first-order valence-corrected chi connectivity index (χ1v) is 8.15. The highest BCUT2D eigenvalue weighted by Crippen LogP contribution is 2.21. The number of hydrogen-bond acceptors (Lipinski definition) is 5. The Kier molecular flexibility index (Phi) is 6.62. The average Bonchev–Trinajstić information content (AvgIpc) is 2.34. The quantitative estimate of drug-likeness (QED) is 0.713. The zero-order chi connectivity index (χ0) is 14.3. The highest BCUT2D eigenvalue weighted by atomic mass is 32.2. The Balaban J connectivity index is 2.50. The third-order valence-electron chi connectivity index (χ3n) is 2.36. The van der Waals surface area contributed by atoms with E-state index in [1.807, 2.05) is 6.07 Å². The van der Waals surface area contributed by atoms with Gasteiger partial charge in [-0.05, 0) is 24.5 Å². The number of nitrogens with zero attached hydrogens (tertiary/aromatic N) is 1. The van der Waals surface area contributed by atoms with E-state index in [9.17, 15) is 4.21 Å². The van der Waals surface area contributed by atoms with Gasteiger partial charge in [-0.15, -0.1) is 0 Å². The lowest BCUT2D eigenvalue weighted by Gasteiger charge is -2.12. The number of aromatic nitrogens is 1. The second-order valence-corrected chi connectivity index (χ2v) is 6.41. The standard InChI is InChI=1S/C13H23N3O2S/c1-10(2)9-18-13-11(14)5-6-12(16-13)15-7-4-8-19(3)17/h5-6,10H,4,7-9,14H2,1-3H3,(H,15,16). The molecular weight excluding hydrogens is 262 g/mol. The van der Waals surface area contributed by atoms with Crippen LogP contribution in [-0.2, 0) is 10.8 Å². The molecule has 0 bridgehead atoms. The molecule has 1 heterocycles. The number of hydrogen-bond donors (Lipinski definition) is 2. The lowest BCUT2D eigenvalue weighted by molar-refractivity contribution is 0.263. The monoisotopic (exact) mass is 285 g/mol. The molecule has 0 saturated carbocycles. The summed E-state index contributed by atoms with van der Waals surface area (Å²) < 4.78 is 16.5. The summed E-state index contributed by atoms with van der Waals surface area (Å²) in [6.45, 7) is 5.47. The molecule has 3 N–H and O–H groups in total. The predicted molar refractivity (Wildman–Crippen MR) is 81.0 cm³/mol. The van der Waals surface area contributed by atoms with Crippen molar-refractivity contribution >= 4 is 22.3 Å². The van der Waals surface area contributed by atoms with Crippen LogP contribution in [0.3, 0.4) is 0 Å². The van der Waals surface area contributed by atoms with E-state index in [-0.39, 0.29) is 0 Å². The van der Waals surface area contributed by atoms with Gasteiger partial charge in [-0.25, -0.2) is 0 Å². The molecule has 0 amide bonds. The lowest BCUT2D eigenvalue weighted by Crippen LogP contribution is -2.10. The van der Waals surface area contributed by atoms with Gasteiger partial charge in [0.25, 0.3) is 0 Å². The molecule has 1 aromatic heterocycles. The smallest absolute Gasteiger partial charge is 0.239 e. The lowest BCUT2D eigenvalue weighted by atomic mass is 10.2. The zero-order valence-electron chi connectivity index (χ0n) is 11.8. The Hall–Kier alpha value is -1.30. The Morgan fingerprint density at radius 1 is 1.47 bits per heavy atom.